The van der Waals surface area contributed by atoms with Gasteiger partial charge < -0.3 is 10.2 Å². The number of carbonyl (C=O) groups is 1. The summed E-state index contributed by atoms with van der Waals surface area (Å²) in [5, 5.41) is 7.02. The smallest absolute Gasteiger partial charge is 0.352 e. The number of amides is 1. The fourth-order valence-electron chi connectivity index (χ4n) is 3.00. The highest BCUT2D eigenvalue weighted by atomic mass is 19.4. The first-order chi connectivity index (χ1) is 13.4. The van der Waals surface area contributed by atoms with E-state index in [0.717, 1.165) is 24.0 Å². The van der Waals surface area contributed by atoms with Gasteiger partial charge in [-0.05, 0) is 36.4 Å². The number of benzene rings is 1. The van der Waals surface area contributed by atoms with Crippen molar-refractivity contribution in [3.05, 3.63) is 72.2 Å². The average molecular weight is 387 g/mol. The van der Waals surface area contributed by atoms with E-state index in [1.165, 1.54) is 0 Å². The average Bonchev–Trinajstić information content (AvgIpc) is 3.18. The summed E-state index contributed by atoms with van der Waals surface area (Å²) in [6.07, 6.45) is 0.168. The van der Waals surface area contributed by atoms with Crippen LogP contribution in [0.1, 0.15) is 15.9 Å². The number of alkyl halides is 3. The second-order valence-corrected chi connectivity index (χ2v) is 6.48. The monoisotopic (exact) mass is 387 g/mol. The maximum atomic E-state index is 12.8. The van der Waals surface area contributed by atoms with E-state index in [1.54, 1.807) is 46.2 Å². The van der Waals surface area contributed by atoms with Gasteiger partial charge >= 0.3 is 6.18 Å². The Balaban J connectivity index is 1.37. The number of hydrogen-bond acceptors (Lipinski definition) is 4. The van der Waals surface area contributed by atoms with E-state index in [9.17, 15) is 18.0 Å². The third-order valence-electron chi connectivity index (χ3n) is 4.49. The van der Waals surface area contributed by atoms with Crippen molar-refractivity contribution in [1.82, 2.24) is 20.1 Å². The first-order valence-electron chi connectivity index (χ1n) is 8.59. The van der Waals surface area contributed by atoms with Crippen molar-refractivity contribution in [3.8, 4) is 5.69 Å². The molecular weight excluding hydrogens is 371 g/mol. The Labute approximate surface area is 158 Å². The molecule has 1 aliphatic rings. The quantitative estimate of drug-likeness (QED) is 0.748. The molecule has 0 aliphatic carbocycles. The molecule has 0 radical (unpaired) electrons. The fraction of sp³-hybridized carbons (Fsp3) is 0.211. The van der Waals surface area contributed by atoms with Crippen molar-refractivity contribution in [2.75, 3.05) is 18.0 Å². The van der Waals surface area contributed by atoms with Crippen LogP contribution in [0.3, 0.4) is 0 Å². The number of anilines is 1. The zero-order valence-corrected chi connectivity index (χ0v) is 14.6. The maximum Gasteiger partial charge on any atom is 0.416 e. The SMILES string of the molecule is O=C(NC1CN(c2cc(C(F)(F)F)ccn2)C1)c1cccc(-n2cccn2)c1. The Kier molecular flexibility index (Phi) is 4.50. The molecular formula is C19H16F3N5O. The molecule has 4 rings (SSSR count). The molecule has 1 saturated heterocycles. The molecule has 0 spiro atoms. The summed E-state index contributed by atoms with van der Waals surface area (Å²) >= 11 is 0. The van der Waals surface area contributed by atoms with Crippen molar-refractivity contribution in [2.45, 2.75) is 12.2 Å². The highest BCUT2D eigenvalue weighted by Crippen LogP contribution is 2.31. The lowest BCUT2D eigenvalue weighted by atomic mass is 10.1. The molecule has 0 bridgehead atoms. The molecule has 9 heteroatoms. The van der Waals surface area contributed by atoms with Crippen LogP contribution in [0.25, 0.3) is 5.69 Å². The van der Waals surface area contributed by atoms with Crippen molar-refractivity contribution in [3.63, 3.8) is 0 Å². The highest BCUT2D eigenvalue weighted by molar-refractivity contribution is 5.95. The molecule has 28 heavy (non-hydrogen) atoms. The Hall–Kier alpha value is -3.36. The minimum Gasteiger partial charge on any atom is -0.352 e. The molecule has 1 fully saturated rings. The van der Waals surface area contributed by atoms with Gasteiger partial charge in [-0.3, -0.25) is 4.79 Å². The lowest BCUT2D eigenvalue weighted by molar-refractivity contribution is -0.137. The second kappa shape index (κ2) is 6.99. The lowest BCUT2D eigenvalue weighted by Crippen LogP contribution is -2.59. The van der Waals surface area contributed by atoms with Crippen LogP contribution in [-0.4, -0.2) is 39.8 Å². The van der Waals surface area contributed by atoms with E-state index in [-0.39, 0.29) is 17.8 Å². The number of nitrogens with one attached hydrogen (secondary N) is 1. The Morgan fingerprint density at radius 2 is 1.93 bits per heavy atom. The molecule has 0 saturated carbocycles. The number of halogens is 3. The molecule has 1 N–H and O–H groups in total. The first-order valence-corrected chi connectivity index (χ1v) is 8.59. The number of hydrogen-bond donors (Lipinski definition) is 1. The van der Waals surface area contributed by atoms with Gasteiger partial charge in [0.1, 0.15) is 5.82 Å². The summed E-state index contributed by atoms with van der Waals surface area (Å²) in [5.74, 6) is 0.0108. The third-order valence-corrected chi connectivity index (χ3v) is 4.49. The van der Waals surface area contributed by atoms with E-state index in [0.29, 0.717) is 18.7 Å². The Morgan fingerprint density at radius 1 is 1.11 bits per heavy atom. The summed E-state index contributed by atoms with van der Waals surface area (Å²) in [5.41, 5.74) is 0.519. The summed E-state index contributed by atoms with van der Waals surface area (Å²) in [6.45, 7) is 0.803. The molecule has 1 aromatic carbocycles. The Morgan fingerprint density at radius 3 is 2.64 bits per heavy atom. The highest BCUT2D eigenvalue weighted by Gasteiger charge is 2.34. The molecule has 1 amide bonds. The van der Waals surface area contributed by atoms with Gasteiger partial charge in [-0.1, -0.05) is 6.07 Å². The van der Waals surface area contributed by atoms with Gasteiger partial charge in [0.05, 0.1) is 17.3 Å². The van der Waals surface area contributed by atoms with Crippen molar-refractivity contribution < 1.29 is 18.0 Å². The van der Waals surface area contributed by atoms with Crippen molar-refractivity contribution in [1.29, 1.82) is 0 Å². The van der Waals surface area contributed by atoms with Crippen LogP contribution in [0.15, 0.2) is 61.1 Å². The molecule has 144 valence electrons. The summed E-state index contributed by atoms with van der Waals surface area (Å²) in [7, 11) is 0. The van der Waals surface area contributed by atoms with E-state index >= 15 is 0 Å². The zero-order chi connectivity index (χ0) is 19.7. The fourth-order valence-corrected chi connectivity index (χ4v) is 3.00. The minimum atomic E-state index is -4.41. The van der Waals surface area contributed by atoms with Crippen LogP contribution in [0.5, 0.6) is 0 Å². The number of rotatable bonds is 4. The molecule has 3 aromatic rings. The standard InChI is InChI=1S/C19H16F3N5O/c20-19(21,22)14-5-7-23-17(10-14)26-11-15(12-26)25-18(28)13-3-1-4-16(9-13)27-8-2-6-24-27/h1-10,15H,11-12H2,(H,25,28). The second-order valence-electron chi connectivity index (χ2n) is 6.48. The van der Waals surface area contributed by atoms with E-state index in [2.05, 4.69) is 15.4 Å². The predicted octanol–water partition coefficient (Wildman–Crippen LogP) is 2.90. The van der Waals surface area contributed by atoms with Crippen molar-refractivity contribution >= 4 is 11.7 Å². The van der Waals surface area contributed by atoms with Crippen LogP contribution in [-0.2, 0) is 6.18 Å². The molecule has 6 nitrogen and oxygen atoms in total. The van der Waals surface area contributed by atoms with Crippen LogP contribution in [0.2, 0.25) is 0 Å². The van der Waals surface area contributed by atoms with Crippen molar-refractivity contribution in [2.24, 2.45) is 0 Å². The van der Waals surface area contributed by atoms with Crippen LogP contribution in [0.4, 0.5) is 19.0 Å². The molecule has 0 unspecified atom stereocenters. The summed E-state index contributed by atoms with van der Waals surface area (Å²) in [4.78, 5) is 18.2. The largest absolute Gasteiger partial charge is 0.416 e. The van der Waals surface area contributed by atoms with Crippen LogP contribution in [0, 0.1) is 0 Å². The number of nitrogens with zero attached hydrogens (tertiary/aromatic N) is 4. The van der Waals surface area contributed by atoms with E-state index in [4.69, 9.17) is 0 Å². The minimum absolute atomic E-state index is 0.155. The van der Waals surface area contributed by atoms with Crippen LogP contribution < -0.4 is 10.2 Å². The topological polar surface area (TPSA) is 63.1 Å². The van der Waals surface area contributed by atoms with Gasteiger partial charge in [-0.2, -0.15) is 18.3 Å². The van der Waals surface area contributed by atoms with Gasteiger partial charge in [0, 0.05) is 37.2 Å². The van der Waals surface area contributed by atoms with Gasteiger partial charge in [-0.15, -0.1) is 0 Å². The molecule has 2 aromatic heterocycles. The van der Waals surface area contributed by atoms with Gasteiger partial charge in [0.15, 0.2) is 0 Å². The number of aromatic nitrogens is 3. The lowest BCUT2D eigenvalue weighted by Gasteiger charge is -2.40. The Bertz CT molecular complexity index is 981. The zero-order valence-electron chi connectivity index (χ0n) is 14.6. The molecule has 0 atom stereocenters. The summed E-state index contributed by atoms with van der Waals surface area (Å²) < 4.78 is 40.1. The van der Waals surface area contributed by atoms with Gasteiger partial charge in [-0.25, -0.2) is 9.67 Å². The maximum absolute atomic E-state index is 12.8. The number of carbonyl (C=O) groups excluding carboxylic acids is 1. The predicted molar refractivity (Wildman–Crippen MR) is 96.3 cm³/mol. The molecule has 3 heterocycles. The number of pyridine rings is 1. The van der Waals surface area contributed by atoms with Crippen LogP contribution >= 0.6 is 0 Å². The van der Waals surface area contributed by atoms with Gasteiger partial charge in [0.2, 0.25) is 0 Å². The normalized spacial score (nSPS) is 14.6. The molecule has 1 aliphatic heterocycles. The summed E-state index contributed by atoms with van der Waals surface area (Å²) in [6, 6.07) is 10.6. The van der Waals surface area contributed by atoms with E-state index in [1.807, 2.05) is 6.07 Å². The third kappa shape index (κ3) is 3.68. The first kappa shape index (κ1) is 18.0. The van der Waals surface area contributed by atoms with E-state index < -0.39 is 11.7 Å². The van der Waals surface area contributed by atoms with Gasteiger partial charge in [0.25, 0.3) is 5.91 Å².